The van der Waals surface area contributed by atoms with E-state index < -0.39 is 0 Å². The quantitative estimate of drug-likeness (QED) is 0.832. The maximum atomic E-state index is 12.5. The van der Waals surface area contributed by atoms with Gasteiger partial charge in [-0.1, -0.05) is 0 Å². The van der Waals surface area contributed by atoms with Gasteiger partial charge < -0.3 is 15.3 Å². The van der Waals surface area contributed by atoms with Crippen molar-refractivity contribution in [3.63, 3.8) is 0 Å². The summed E-state index contributed by atoms with van der Waals surface area (Å²) < 4.78 is 0. The van der Waals surface area contributed by atoms with Crippen molar-refractivity contribution in [3.8, 4) is 0 Å². The van der Waals surface area contributed by atoms with Crippen molar-refractivity contribution < 1.29 is 9.90 Å². The van der Waals surface area contributed by atoms with E-state index in [1.807, 2.05) is 30.9 Å². The molecule has 0 radical (unpaired) electrons. The van der Waals surface area contributed by atoms with Crippen molar-refractivity contribution in [2.75, 3.05) is 13.2 Å². The summed E-state index contributed by atoms with van der Waals surface area (Å²) in [7, 11) is 0. The zero-order valence-electron chi connectivity index (χ0n) is 11.5. The molecular formula is C14H21N3O2. The third kappa shape index (κ3) is 3.11. The van der Waals surface area contributed by atoms with Crippen LogP contribution in [0.5, 0.6) is 0 Å². The van der Waals surface area contributed by atoms with E-state index >= 15 is 0 Å². The molecule has 19 heavy (non-hydrogen) atoms. The molecular weight excluding hydrogens is 242 g/mol. The lowest BCUT2D eigenvalue weighted by Gasteiger charge is -2.45. The van der Waals surface area contributed by atoms with Crippen molar-refractivity contribution in [2.45, 2.75) is 38.4 Å². The van der Waals surface area contributed by atoms with Crippen LogP contribution in [0.3, 0.4) is 0 Å². The lowest BCUT2D eigenvalue weighted by molar-refractivity contribution is -0.144. The average molecular weight is 263 g/mol. The Kier molecular flexibility index (Phi) is 4.17. The van der Waals surface area contributed by atoms with Gasteiger partial charge in [-0.3, -0.25) is 9.78 Å². The summed E-state index contributed by atoms with van der Waals surface area (Å²) in [5, 5.41) is 12.2. The number of carbonyl (C=O) groups is 1. The van der Waals surface area contributed by atoms with Gasteiger partial charge in [0, 0.05) is 32.1 Å². The third-order valence-electron chi connectivity index (χ3n) is 3.58. The van der Waals surface area contributed by atoms with E-state index in [0.29, 0.717) is 13.0 Å². The number of aromatic nitrogens is 1. The molecule has 0 spiro atoms. The van der Waals surface area contributed by atoms with Gasteiger partial charge in [0.25, 0.3) is 0 Å². The topological polar surface area (TPSA) is 65.5 Å². The van der Waals surface area contributed by atoms with Gasteiger partial charge in [0.05, 0.1) is 11.6 Å². The predicted octanol–water partition coefficient (Wildman–Crippen LogP) is 0.543. The van der Waals surface area contributed by atoms with E-state index in [1.165, 1.54) is 0 Å². The molecule has 1 aliphatic rings. The molecule has 0 aliphatic carbocycles. The van der Waals surface area contributed by atoms with Crippen molar-refractivity contribution in [2.24, 2.45) is 0 Å². The summed E-state index contributed by atoms with van der Waals surface area (Å²) >= 11 is 0. The van der Waals surface area contributed by atoms with Crippen molar-refractivity contribution >= 4 is 5.91 Å². The molecule has 1 atom stereocenters. The van der Waals surface area contributed by atoms with Gasteiger partial charge >= 0.3 is 0 Å². The molecule has 1 saturated heterocycles. The van der Waals surface area contributed by atoms with Crippen LogP contribution in [0.4, 0.5) is 0 Å². The molecule has 2 heterocycles. The molecule has 104 valence electrons. The fraction of sp³-hybridized carbons (Fsp3) is 0.571. The number of amides is 1. The Labute approximate surface area is 113 Å². The molecule has 1 fully saturated rings. The molecule has 0 saturated carbocycles. The first-order valence-corrected chi connectivity index (χ1v) is 6.59. The lowest BCUT2D eigenvalue weighted by atomic mass is 9.95. The molecule has 2 N–H and O–H groups in total. The normalized spacial score (nSPS) is 22.6. The Hall–Kier alpha value is -1.46. The van der Waals surface area contributed by atoms with Crippen LogP contribution in [0.1, 0.15) is 25.8 Å². The van der Waals surface area contributed by atoms with Gasteiger partial charge in [-0.25, -0.2) is 0 Å². The van der Waals surface area contributed by atoms with E-state index in [0.717, 1.165) is 12.1 Å². The number of nitrogens with one attached hydrogen (secondary N) is 1. The average Bonchev–Trinajstić information content (AvgIpc) is 2.40. The van der Waals surface area contributed by atoms with Gasteiger partial charge in [0.2, 0.25) is 5.91 Å². The largest absolute Gasteiger partial charge is 0.396 e. The van der Waals surface area contributed by atoms with Crippen LogP contribution in [-0.4, -0.2) is 45.6 Å². The second-order valence-corrected chi connectivity index (χ2v) is 5.54. The smallest absolute Gasteiger partial charge is 0.240 e. The van der Waals surface area contributed by atoms with Crippen LogP contribution >= 0.6 is 0 Å². The predicted molar refractivity (Wildman–Crippen MR) is 72.4 cm³/mol. The molecule has 0 aromatic carbocycles. The number of aliphatic hydroxyl groups is 1. The van der Waals surface area contributed by atoms with Crippen LogP contribution in [0, 0.1) is 0 Å². The molecule has 5 heteroatoms. The van der Waals surface area contributed by atoms with Crippen molar-refractivity contribution in [1.82, 2.24) is 15.2 Å². The second-order valence-electron chi connectivity index (χ2n) is 5.54. The van der Waals surface area contributed by atoms with Crippen LogP contribution < -0.4 is 5.32 Å². The maximum absolute atomic E-state index is 12.5. The van der Waals surface area contributed by atoms with Gasteiger partial charge in [-0.2, -0.15) is 0 Å². The summed E-state index contributed by atoms with van der Waals surface area (Å²) in [4.78, 5) is 18.3. The van der Waals surface area contributed by atoms with Gasteiger partial charge in [0.15, 0.2) is 0 Å². The molecule has 1 aromatic rings. The molecule has 1 aliphatic heterocycles. The van der Waals surface area contributed by atoms with E-state index in [1.54, 1.807) is 12.4 Å². The first-order valence-electron chi connectivity index (χ1n) is 6.59. The number of carbonyl (C=O) groups excluding carboxylic acids is 1. The number of rotatable bonds is 4. The summed E-state index contributed by atoms with van der Waals surface area (Å²) in [6, 6.07) is 3.57. The first-order chi connectivity index (χ1) is 9.04. The summed E-state index contributed by atoms with van der Waals surface area (Å²) in [5.74, 6) is 0.0575. The molecule has 2 rings (SSSR count). The van der Waals surface area contributed by atoms with Crippen LogP contribution in [-0.2, 0) is 11.3 Å². The van der Waals surface area contributed by atoms with E-state index in [4.69, 9.17) is 5.11 Å². The molecule has 1 unspecified atom stereocenters. The zero-order chi connectivity index (χ0) is 13.9. The second kappa shape index (κ2) is 5.67. The summed E-state index contributed by atoms with van der Waals surface area (Å²) in [5.41, 5.74) is 0.841. The van der Waals surface area contributed by atoms with E-state index in [9.17, 15) is 4.79 Å². The van der Waals surface area contributed by atoms with Crippen LogP contribution in [0.15, 0.2) is 24.5 Å². The number of hydrogen-bond donors (Lipinski definition) is 2. The highest BCUT2D eigenvalue weighted by Crippen LogP contribution is 2.23. The Morgan fingerprint density at radius 2 is 2.16 bits per heavy atom. The minimum atomic E-state index is -0.278. The Bertz CT molecular complexity index is 434. The van der Waals surface area contributed by atoms with Crippen LogP contribution in [0.2, 0.25) is 0 Å². The molecule has 5 nitrogen and oxygen atoms in total. The van der Waals surface area contributed by atoms with E-state index in [2.05, 4.69) is 10.3 Å². The highest BCUT2D eigenvalue weighted by molar-refractivity contribution is 5.83. The van der Waals surface area contributed by atoms with Gasteiger partial charge in [-0.05, 0) is 38.0 Å². The summed E-state index contributed by atoms with van der Waals surface area (Å²) in [6.45, 7) is 5.43. The molecule has 1 amide bonds. The lowest BCUT2D eigenvalue weighted by Crippen LogP contribution is -2.64. The standard InChI is InChI=1S/C14H21N3O2/c1-14(2)10-16-12(5-8-18)13(19)17(14)9-11-3-6-15-7-4-11/h3-4,6-7,12,16,18H,5,8-10H2,1-2H3. The number of hydrogen-bond acceptors (Lipinski definition) is 4. The first kappa shape index (κ1) is 14.0. The number of nitrogens with zero attached hydrogens (tertiary/aromatic N) is 2. The summed E-state index contributed by atoms with van der Waals surface area (Å²) in [6.07, 6.45) is 3.93. The Morgan fingerprint density at radius 3 is 2.79 bits per heavy atom. The third-order valence-corrected chi connectivity index (χ3v) is 3.58. The molecule has 1 aromatic heterocycles. The number of aliphatic hydroxyl groups excluding tert-OH is 1. The molecule has 0 bridgehead atoms. The van der Waals surface area contributed by atoms with Crippen LogP contribution in [0.25, 0.3) is 0 Å². The fourth-order valence-electron chi connectivity index (χ4n) is 2.36. The van der Waals surface area contributed by atoms with E-state index in [-0.39, 0.29) is 24.1 Å². The van der Waals surface area contributed by atoms with Crippen molar-refractivity contribution in [3.05, 3.63) is 30.1 Å². The Balaban J connectivity index is 2.16. The zero-order valence-corrected chi connectivity index (χ0v) is 11.5. The van der Waals surface area contributed by atoms with Gasteiger partial charge in [-0.15, -0.1) is 0 Å². The number of pyridine rings is 1. The Morgan fingerprint density at radius 1 is 1.47 bits per heavy atom. The SMILES string of the molecule is CC1(C)CNC(CCO)C(=O)N1Cc1ccncc1. The minimum absolute atomic E-state index is 0.0208. The highest BCUT2D eigenvalue weighted by Gasteiger charge is 2.39. The fourth-order valence-corrected chi connectivity index (χ4v) is 2.36. The number of piperazine rings is 1. The monoisotopic (exact) mass is 263 g/mol. The highest BCUT2D eigenvalue weighted by atomic mass is 16.3. The van der Waals surface area contributed by atoms with Crippen molar-refractivity contribution in [1.29, 1.82) is 0 Å². The van der Waals surface area contributed by atoms with Gasteiger partial charge in [0.1, 0.15) is 0 Å². The minimum Gasteiger partial charge on any atom is -0.396 e. The maximum Gasteiger partial charge on any atom is 0.240 e.